The van der Waals surface area contributed by atoms with E-state index in [9.17, 15) is 9.59 Å². The number of fused-ring (bicyclic) bond motifs is 1. The average Bonchev–Trinajstić information content (AvgIpc) is 3.16. The summed E-state index contributed by atoms with van der Waals surface area (Å²) in [4.78, 5) is 43.5. The van der Waals surface area contributed by atoms with Crippen LogP contribution in [0, 0.1) is 6.57 Å². The minimum atomic E-state index is -0.269. The molecule has 1 saturated heterocycles. The summed E-state index contributed by atoms with van der Waals surface area (Å²) in [5.41, 5.74) is 1.44. The first-order valence-corrected chi connectivity index (χ1v) is 9.21. The Hall–Kier alpha value is -3.41. The maximum absolute atomic E-state index is 12.6. The molecule has 1 aliphatic rings. The maximum Gasteiger partial charge on any atom is 0.255 e. The molecule has 146 valence electrons. The van der Waals surface area contributed by atoms with E-state index in [0.717, 1.165) is 0 Å². The van der Waals surface area contributed by atoms with Crippen LogP contribution in [0.3, 0.4) is 0 Å². The molecular weight excluding hydrogens is 358 g/mol. The Kier molecular flexibility index (Phi) is 5.89. The van der Waals surface area contributed by atoms with E-state index in [0.29, 0.717) is 55.1 Å². The number of amides is 2. The Balaban J connectivity index is 1.77. The first-order chi connectivity index (χ1) is 13.6. The van der Waals surface area contributed by atoms with Crippen LogP contribution in [-0.2, 0) is 4.79 Å². The molecule has 1 atom stereocenters. The number of carbonyl (C=O) groups is 2. The summed E-state index contributed by atoms with van der Waals surface area (Å²) in [5, 5.41) is 2.88. The predicted octanol–water partition coefficient (Wildman–Crippen LogP) is 1.22. The Morgan fingerprint density at radius 3 is 2.82 bits per heavy atom. The van der Waals surface area contributed by atoms with Crippen LogP contribution in [0.25, 0.3) is 16.0 Å². The van der Waals surface area contributed by atoms with Crippen LogP contribution in [0.15, 0.2) is 25.0 Å². The summed E-state index contributed by atoms with van der Waals surface area (Å²) in [5.74, 6) is 0.324. The molecule has 3 rings (SSSR count). The lowest BCUT2D eigenvalue weighted by atomic mass is 10.2. The Morgan fingerprint density at radius 1 is 1.43 bits per heavy atom. The van der Waals surface area contributed by atoms with Crippen LogP contribution in [0.5, 0.6) is 0 Å². The highest BCUT2D eigenvalue weighted by Crippen LogP contribution is 2.20. The van der Waals surface area contributed by atoms with E-state index in [2.05, 4.69) is 31.7 Å². The molecule has 28 heavy (non-hydrogen) atoms. The molecule has 0 unspecified atom stereocenters. The monoisotopic (exact) mass is 381 g/mol. The molecule has 0 radical (unpaired) electrons. The third kappa shape index (κ3) is 3.96. The first kappa shape index (κ1) is 19.4. The highest BCUT2D eigenvalue weighted by molar-refractivity contribution is 6.04. The lowest BCUT2D eigenvalue weighted by Crippen LogP contribution is -2.48. The van der Waals surface area contributed by atoms with Gasteiger partial charge in [0.1, 0.15) is 17.4 Å². The molecule has 9 nitrogen and oxygen atoms in total. The second-order valence-electron chi connectivity index (χ2n) is 6.56. The molecule has 0 aromatic carbocycles. The van der Waals surface area contributed by atoms with Gasteiger partial charge in [-0.15, -0.1) is 0 Å². The molecule has 0 aliphatic carbocycles. The Morgan fingerprint density at radius 2 is 2.18 bits per heavy atom. The topological polar surface area (TPSA) is 98.6 Å². The smallest absolute Gasteiger partial charge is 0.255 e. The molecule has 3 heterocycles. The van der Waals surface area contributed by atoms with E-state index in [1.807, 2.05) is 11.8 Å². The Bertz CT molecular complexity index is 922. The lowest BCUT2D eigenvalue weighted by molar-refractivity contribution is -0.126. The maximum atomic E-state index is 12.6. The zero-order valence-corrected chi connectivity index (χ0v) is 15.8. The number of piperazine rings is 1. The number of nitrogens with one attached hydrogen (secondary N) is 2. The van der Waals surface area contributed by atoms with Gasteiger partial charge in [0, 0.05) is 32.4 Å². The number of anilines is 1. The van der Waals surface area contributed by atoms with Gasteiger partial charge in [-0.1, -0.05) is 13.5 Å². The summed E-state index contributed by atoms with van der Waals surface area (Å²) < 4.78 is 0. The zero-order chi connectivity index (χ0) is 20.1. The van der Waals surface area contributed by atoms with E-state index in [-0.39, 0.29) is 24.4 Å². The van der Waals surface area contributed by atoms with Gasteiger partial charge in [-0.2, -0.15) is 0 Å². The van der Waals surface area contributed by atoms with Gasteiger partial charge in [-0.25, -0.2) is 16.5 Å². The number of rotatable bonds is 6. The third-order valence-corrected chi connectivity index (χ3v) is 4.84. The minimum absolute atomic E-state index is 0.0735. The fourth-order valence-electron chi connectivity index (χ4n) is 3.14. The van der Waals surface area contributed by atoms with Crippen molar-refractivity contribution in [2.75, 3.05) is 37.6 Å². The van der Waals surface area contributed by atoms with Crippen LogP contribution < -0.4 is 10.2 Å². The van der Waals surface area contributed by atoms with E-state index < -0.39 is 0 Å². The zero-order valence-electron chi connectivity index (χ0n) is 15.8. The Labute approximate surface area is 163 Å². The van der Waals surface area contributed by atoms with Crippen LogP contribution in [0.1, 0.15) is 23.7 Å². The number of hydrogen-bond donors (Lipinski definition) is 2. The van der Waals surface area contributed by atoms with Crippen molar-refractivity contribution in [3.8, 4) is 0 Å². The van der Waals surface area contributed by atoms with Crippen molar-refractivity contribution >= 4 is 28.8 Å². The van der Waals surface area contributed by atoms with Crippen molar-refractivity contribution in [2.45, 2.75) is 19.4 Å². The summed E-state index contributed by atoms with van der Waals surface area (Å²) in [6, 6.07) is -0.193. The normalized spacial score (nSPS) is 15.1. The number of hydrogen-bond acceptors (Lipinski definition) is 5. The van der Waals surface area contributed by atoms with Crippen LogP contribution in [-0.4, -0.2) is 70.4 Å². The summed E-state index contributed by atoms with van der Waals surface area (Å²) in [7, 11) is 0. The van der Waals surface area contributed by atoms with Crippen LogP contribution in [0.2, 0.25) is 0 Å². The molecule has 1 fully saturated rings. The number of aromatic amines is 1. The predicted molar refractivity (Wildman–Crippen MR) is 106 cm³/mol. The largest absolute Gasteiger partial charge is 0.352 e. The number of aromatic nitrogens is 3. The standard InChI is InChI=1S/C19H23N7O2/c1-4-13(10-20-3)23-19(28)14-11-21-18-17(14)24-15(12-22-18)25-6-8-26(9-7-25)16(27)5-2/h5,11-13H,2,4,6-10H2,1H3,(H,21,22)(H,23,28)/t13-/m1/s1. The molecule has 9 heteroatoms. The minimum Gasteiger partial charge on any atom is -0.352 e. The van der Waals surface area contributed by atoms with Crippen molar-refractivity contribution in [1.29, 1.82) is 0 Å². The number of H-pyrrole nitrogens is 1. The van der Waals surface area contributed by atoms with Gasteiger partial charge in [0.25, 0.3) is 5.91 Å². The number of nitrogens with zero attached hydrogens (tertiary/aromatic N) is 5. The fraction of sp³-hybridized carbons (Fsp3) is 0.421. The van der Waals surface area contributed by atoms with Gasteiger partial charge in [0.15, 0.2) is 5.65 Å². The van der Waals surface area contributed by atoms with Crippen LogP contribution >= 0.6 is 0 Å². The molecule has 0 saturated carbocycles. The second-order valence-corrected chi connectivity index (χ2v) is 6.56. The second kappa shape index (κ2) is 8.52. The van der Waals surface area contributed by atoms with E-state index in [4.69, 9.17) is 6.57 Å². The molecule has 1 aliphatic heterocycles. The molecule has 0 spiro atoms. The van der Waals surface area contributed by atoms with Crippen molar-refractivity contribution < 1.29 is 9.59 Å². The van der Waals surface area contributed by atoms with Crippen LogP contribution in [0.4, 0.5) is 5.82 Å². The van der Waals surface area contributed by atoms with Crippen molar-refractivity contribution in [2.24, 2.45) is 0 Å². The van der Waals surface area contributed by atoms with Gasteiger partial charge >= 0.3 is 0 Å². The molecule has 0 bridgehead atoms. The molecule has 2 N–H and O–H groups in total. The quantitative estimate of drug-likeness (QED) is 0.579. The van der Waals surface area contributed by atoms with Gasteiger partial charge in [-0.3, -0.25) is 9.59 Å². The average molecular weight is 381 g/mol. The van der Waals surface area contributed by atoms with Gasteiger partial charge in [-0.05, 0) is 12.5 Å². The first-order valence-electron chi connectivity index (χ1n) is 9.21. The van der Waals surface area contributed by atoms with Gasteiger partial charge in [0.2, 0.25) is 12.5 Å². The number of carbonyl (C=O) groups excluding carboxylic acids is 2. The molecule has 2 aromatic rings. The van der Waals surface area contributed by atoms with E-state index in [1.165, 1.54) is 6.08 Å². The summed E-state index contributed by atoms with van der Waals surface area (Å²) in [6.07, 6.45) is 5.26. The molecule has 2 amide bonds. The van der Waals surface area contributed by atoms with Gasteiger partial charge < -0.3 is 24.9 Å². The summed E-state index contributed by atoms with van der Waals surface area (Å²) >= 11 is 0. The molecular formula is C19H23N7O2. The molecule has 2 aromatic heterocycles. The van der Waals surface area contributed by atoms with Crippen molar-refractivity contribution in [1.82, 2.24) is 25.2 Å². The SMILES string of the molecule is [C-]#[N+]C[C@@H](CC)NC(=O)c1c[nH]c2ncc(N3CCN(C(=O)C=C)CC3)nc12. The van der Waals surface area contributed by atoms with E-state index in [1.54, 1.807) is 17.3 Å². The summed E-state index contributed by atoms with van der Waals surface area (Å²) in [6.45, 7) is 15.1. The fourth-order valence-corrected chi connectivity index (χ4v) is 3.14. The van der Waals surface area contributed by atoms with Gasteiger partial charge in [0.05, 0.1) is 11.8 Å². The van der Waals surface area contributed by atoms with E-state index >= 15 is 0 Å². The van der Waals surface area contributed by atoms with Crippen molar-refractivity contribution in [3.63, 3.8) is 0 Å². The van der Waals surface area contributed by atoms with Crippen molar-refractivity contribution in [3.05, 3.63) is 42.0 Å². The third-order valence-electron chi connectivity index (χ3n) is 4.84. The lowest BCUT2D eigenvalue weighted by Gasteiger charge is -2.34. The highest BCUT2D eigenvalue weighted by Gasteiger charge is 2.23. The highest BCUT2D eigenvalue weighted by atomic mass is 16.2.